The molecule has 2 rings (SSSR count). The van der Waals surface area contributed by atoms with E-state index in [4.69, 9.17) is 10.5 Å². The normalized spacial score (nSPS) is 16.6. The van der Waals surface area contributed by atoms with Gasteiger partial charge in [-0.3, -0.25) is 9.69 Å². The Morgan fingerprint density at radius 1 is 1.32 bits per heavy atom. The number of carbonyl (C=O) groups is 1. The first kappa shape index (κ1) is 16.9. The fourth-order valence-corrected chi connectivity index (χ4v) is 2.65. The molecule has 5 nitrogen and oxygen atoms in total. The lowest BCUT2D eigenvalue weighted by atomic mass is 10.1. The Kier molecular flexibility index (Phi) is 6.83. The van der Waals surface area contributed by atoms with Gasteiger partial charge in [0.2, 0.25) is 5.91 Å². The quantitative estimate of drug-likeness (QED) is 0.796. The number of hydrogen-bond donors (Lipinski definition) is 2. The van der Waals surface area contributed by atoms with Gasteiger partial charge >= 0.3 is 0 Å². The van der Waals surface area contributed by atoms with E-state index in [1.165, 1.54) is 0 Å². The third kappa shape index (κ3) is 5.40. The molecular weight excluding hydrogens is 278 g/mol. The molecular formula is C17H27N3O2. The molecule has 0 bridgehead atoms. The van der Waals surface area contributed by atoms with Crippen LogP contribution in [0.5, 0.6) is 0 Å². The van der Waals surface area contributed by atoms with Crippen molar-refractivity contribution in [1.82, 2.24) is 10.2 Å². The van der Waals surface area contributed by atoms with Crippen LogP contribution in [0.4, 0.5) is 0 Å². The molecule has 0 aromatic heterocycles. The first-order valence-electron chi connectivity index (χ1n) is 8.08. The number of nitrogens with two attached hydrogens (primary N) is 1. The number of nitrogens with zero attached hydrogens (tertiary/aromatic N) is 1. The number of piperidine rings is 1. The van der Waals surface area contributed by atoms with Crippen molar-refractivity contribution in [2.45, 2.75) is 39.0 Å². The van der Waals surface area contributed by atoms with Crippen molar-refractivity contribution < 1.29 is 9.53 Å². The Morgan fingerprint density at radius 3 is 2.68 bits per heavy atom. The molecule has 1 aromatic carbocycles. The number of likely N-dealkylation sites (tertiary alicyclic amines) is 1. The summed E-state index contributed by atoms with van der Waals surface area (Å²) in [7, 11) is 0. The third-order valence-corrected chi connectivity index (χ3v) is 4.06. The maximum absolute atomic E-state index is 12.1. The molecule has 22 heavy (non-hydrogen) atoms. The maximum Gasteiger partial charge on any atom is 0.234 e. The zero-order valence-corrected chi connectivity index (χ0v) is 13.4. The monoisotopic (exact) mass is 305 g/mol. The number of rotatable bonds is 7. The van der Waals surface area contributed by atoms with Gasteiger partial charge in [-0.05, 0) is 30.9 Å². The van der Waals surface area contributed by atoms with E-state index in [1.807, 2.05) is 31.2 Å². The smallest absolute Gasteiger partial charge is 0.234 e. The average Bonchev–Trinajstić information content (AvgIpc) is 2.54. The van der Waals surface area contributed by atoms with Gasteiger partial charge < -0.3 is 15.8 Å². The SMILES string of the molecule is CCOCc1ccccc1CNC(=O)CN1CCC(N)CC1. The summed E-state index contributed by atoms with van der Waals surface area (Å²) in [4.78, 5) is 14.2. The highest BCUT2D eigenvalue weighted by molar-refractivity contribution is 5.78. The van der Waals surface area contributed by atoms with E-state index in [1.54, 1.807) is 0 Å². The summed E-state index contributed by atoms with van der Waals surface area (Å²) < 4.78 is 5.47. The van der Waals surface area contributed by atoms with E-state index in [9.17, 15) is 4.79 Å². The van der Waals surface area contributed by atoms with Crippen LogP contribution in [0.3, 0.4) is 0 Å². The molecule has 1 heterocycles. The lowest BCUT2D eigenvalue weighted by molar-refractivity contribution is -0.122. The van der Waals surface area contributed by atoms with Gasteiger partial charge in [0.25, 0.3) is 0 Å². The number of benzene rings is 1. The molecule has 3 N–H and O–H groups in total. The molecule has 1 aliphatic heterocycles. The van der Waals surface area contributed by atoms with Gasteiger partial charge in [-0.25, -0.2) is 0 Å². The molecule has 1 amide bonds. The minimum Gasteiger partial charge on any atom is -0.377 e. The lowest BCUT2D eigenvalue weighted by Gasteiger charge is -2.29. The lowest BCUT2D eigenvalue weighted by Crippen LogP contribution is -2.44. The van der Waals surface area contributed by atoms with Crippen LogP contribution in [0.25, 0.3) is 0 Å². The number of hydrogen-bond acceptors (Lipinski definition) is 4. The van der Waals surface area contributed by atoms with Crippen molar-refractivity contribution >= 4 is 5.91 Å². The summed E-state index contributed by atoms with van der Waals surface area (Å²) in [5.41, 5.74) is 8.13. The predicted octanol–water partition coefficient (Wildman–Crippen LogP) is 1.26. The third-order valence-electron chi connectivity index (χ3n) is 4.06. The highest BCUT2D eigenvalue weighted by atomic mass is 16.5. The fraction of sp³-hybridized carbons (Fsp3) is 0.588. The molecule has 1 aliphatic rings. The maximum atomic E-state index is 12.1. The Hall–Kier alpha value is -1.43. The minimum absolute atomic E-state index is 0.0710. The van der Waals surface area contributed by atoms with E-state index >= 15 is 0 Å². The van der Waals surface area contributed by atoms with Gasteiger partial charge in [-0.1, -0.05) is 24.3 Å². The largest absolute Gasteiger partial charge is 0.377 e. The molecule has 0 unspecified atom stereocenters. The van der Waals surface area contributed by atoms with Crippen LogP contribution in [0.1, 0.15) is 30.9 Å². The van der Waals surface area contributed by atoms with Gasteiger partial charge in [-0.15, -0.1) is 0 Å². The van der Waals surface area contributed by atoms with E-state index in [2.05, 4.69) is 10.2 Å². The summed E-state index contributed by atoms with van der Waals surface area (Å²) in [6, 6.07) is 8.36. The molecule has 0 aliphatic carbocycles. The molecule has 1 aromatic rings. The molecule has 0 atom stereocenters. The average molecular weight is 305 g/mol. The second-order valence-corrected chi connectivity index (χ2v) is 5.80. The van der Waals surface area contributed by atoms with Crippen molar-refractivity contribution in [1.29, 1.82) is 0 Å². The standard InChI is InChI=1S/C17H27N3O2/c1-2-22-13-15-6-4-3-5-14(15)11-19-17(21)12-20-9-7-16(18)8-10-20/h3-6,16H,2,7-13,18H2,1H3,(H,19,21). The number of amides is 1. The molecule has 0 saturated carbocycles. The fourth-order valence-electron chi connectivity index (χ4n) is 2.65. The Balaban J connectivity index is 1.78. The summed E-state index contributed by atoms with van der Waals surface area (Å²) in [5.74, 6) is 0.0710. The van der Waals surface area contributed by atoms with E-state index in [0.717, 1.165) is 37.1 Å². The van der Waals surface area contributed by atoms with Gasteiger partial charge in [-0.2, -0.15) is 0 Å². The van der Waals surface area contributed by atoms with Crippen LogP contribution in [0, 0.1) is 0 Å². The van der Waals surface area contributed by atoms with Crippen LogP contribution in [0.15, 0.2) is 24.3 Å². The molecule has 122 valence electrons. The number of carbonyl (C=O) groups excluding carboxylic acids is 1. The minimum atomic E-state index is 0.0710. The van der Waals surface area contributed by atoms with Crippen LogP contribution in [-0.2, 0) is 22.7 Å². The van der Waals surface area contributed by atoms with Crippen LogP contribution in [-0.4, -0.2) is 43.1 Å². The van der Waals surface area contributed by atoms with Crippen molar-refractivity contribution in [2.24, 2.45) is 5.73 Å². The Bertz CT molecular complexity index is 471. The zero-order chi connectivity index (χ0) is 15.8. The molecule has 1 saturated heterocycles. The predicted molar refractivity (Wildman–Crippen MR) is 87.3 cm³/mol. The second-order valence-electron chi connectivity index (χ2n) is 5.80. The van der Waals surface area contributed by atoms with Crippen molar-refractivity contribution in [3.63, 3.8) is 0 Å². The van der Waals surface area contributed by atoms with E-state index in [-0.39, 0.29) is 5.91 Å². The van der Waals surface area contributed by atoms with Crippen LogP contribution in [0.2, 0.25) is 0 Å². The second kappa shape index (κ2) is 8.88. The van der Waals surface area contributed by atoms with Crippen LogP contribution >= 0.6 is 0 Å². The molecule has 0 spiro atoms. The first-order valence-corrected chi connectivity index (χ1v) is 8.08. The zero-order valence-electron chi connectivity index (χ0n) is 13.4. The van der Waals surface area contributed by atoms with E-state index < -0.39 is 0 Å². The highest BCUT2D eigenvalue weighted by Gasteiger charge is 2.18. The topological polar surface area (TPSA) is 67.6 Å². The van der Waals surface area contributed by atoms with Gasteiger partial charge in [0.05, 0.1) is 13.2 Å². The van der Waals surface area contributed by atoms with Gasteiger partial charge in [0, 0.05) is 32.3 Å². The van der Waals surface area contributed by atoms with Crippen molar-refractivity contribution in [2.75, 3.05) is 26.2 Å². The van der Waals surface area contributed by atoms with Gasteiger partial charge in [0.1, 0.15) is 0 Å². The Morgan fingerprint density at radius 2 is 2.00 bits per heavy atom. The van der Waals surface area contributed by atoms with Crippen molar-refractivity contribution in [3.05, 3.63) is 35.4 Å². The highest BCUT2D eigenvalue weighted by Crippen LogP contribution is 2.10. The summed E-state index contributed by atoms with van der Waals surface area (Å²) >= 11 is 0. The van der Waals surface area contributed by atoms with Gasteiger partial charge in [0.15, 0.2) is 0 Å². The number of ether oxygens (including phenoxy) is 1. The molecule has 5 heteroatoms. The molecule has 0 radical (unpaired) electrons. The molecule has 1 fully saturated rings. The summed E-state index contributed by atoms with van der Waals surface area (Å²) in [6.45, 7) is 6.10. The first-order chi connectivity index (χ1) is 10.7. The summed E-state index contributed by atoms with van der Waals surface area (Å²) in [5, 5.41) is 3.01. The Labute approximate surface area is 132 Å². The van der Waals surface area contributed by atoms with E-state index in [0.29, 0.717) is 32.3 Å². The van der Waals surface area contributed by atoms with Crippen molar-refractivity contribution in [3.8, 4) is 0 Å². The summed E-state index contributed by atoms with van der Waals surface area (Å²) in [6.07, 6.45) is 1.95. The number of nitrogens with one attached hydrogen (secondary N) is 1. The van der Waals surface area contributed by atoms with Crippen LogP contribution < -0.4 is 11.1 Å².